The van der Waals surface area contributed by atoms with Gasteiger partial charge in [-0.2, -0.15) is 0 Å². The van der Waals surface area contributed by atoms with Crippen LogP contribution in [0.3, 0.4) is 0 Å². The Balaban J connectivity index is 1.76. The van der Waals surface area contributed by atoms with E-state index in [1.54, 1.807) is 6.07 Å². The molecule has 5 heteroatoms. The second-order valence-corrected chi connectivity index (χ2v) is 4.55. The lowest BCUT2D eigenvalue weighted by Gasteiger charge is -2.05. The first-order valence-electron chi connectivity index (χ1n) is 6.46. The van der Waals surface area contributed by atoms with E-state index in [9.17, 15) is 4.79 Å². The highest BCUT2D eigenvalue weighted by atomic mass is 16.3. The number of amides is 1. The third-order valence-electron chi connectivity index (χ3n) is 2.80. The van der Waals surface area contributed by atoms with Gasteiger partial charge < -0.3 is 10.4 Å². The smallest absolute Gasteiger partial charge is 0.226 e. The Morgan fingerprint density at radius 1 is 1.25 bits per heavy atom. The molecule has 0 aliphatic heterocycles. The molecule has 0 saturated carbocycles. The highest BCUT2D eigenvalue weighted by Gasteiger charge is 2.04. The number of rotatable bonds is 5. The Hall–Kier alpha value is -2.43. The van der Waals surface area contributed by atoms with E-state index in [2.05, 4.69) is 15.3 Å². The van der Waals surface area contributed by atoms with Crippen molar-refractivity contribution in [2.45, 2.75) is 19.8 Å². The van der Waals surface area contributed by atoms with Gasteiger partial charge in [0.05, 0.1) is 12.6 Å². The molecule has 2 rings (SSSR count). The predicted octanol–water partition coefficient (Wildman–Crippen LogP) is 1.39. The molecule has 2 aromatic heterocycles. The van der Waals surface area contributed by atoms with Gasteiger partial charge in [-0.25, -0.2) is 0 Å². The summed E-state index contributed by atoms with van der Waals surface area (Å²) in [5.41, 5.74) is 2.57. The van der Waals surface area contributed by atoms with Crippen molar-refractivity contribution in [3.63, 3.8) is 0 Å². The summed E-state index contributed by atoms with van der Waals surface area (Å²) in [4.78, 5) is 20.1. The van der Waals surface area contributed by atoms with E-state index in [0.29, 0.717) is 18.7 Å². The first-order valence-corrected chi connectivity index (χ1v) is 6.46. The molecule has 2 heterocycles. The van der Waals surface area contributed by atoms with Gasteiger partial charge >= 0.3 is 0 Å². The Morgan fingerprint density at radius 2 is 2.10 bits per heavy atom. The van der Waals surface area contributed by atoms with Gasteiger partial charge in [0, 0.05) is 30.0 Å². The van der Waals surface area contributed by atoms with Crippen molar-refractivity contribution in [1.29, 1.82) is 0 Å². The Labute approximate surface area is 117 Å². The van der Waals surface area contributed by atoms with Crippen molar-refractivity contribution in [2.24, 2.45) is 0 Å². The molecule has 0 saturated heterocycles. The van der Waals surface area contributed by atoms with Gasteiger partial charge in [0.15, 0.2) is 0 Å². The lowest BCUT2D eigenvalue weighted by molar-refractivity contribution is -0.120. The maximum atomic E-state index is 11.7. The second-order valence-electron chi connectivity index (χ2n) is 4.55. The normalized spacial score (nSPS) is 10.2. The van der Waals surface area contributed by atoms with Crippen LogP contribution in [-0.4, -0.2) is 27.5 Å². The van der Waals surface area contributed by atoms with Gasteiger partial charge in [0.25, 0.3) is 0 Å². The number of carbonyl (C=O) groups is 1. The molecule has 0 spiro atoms. The molecule has 0 fully saturated rings. The summed E-state index contributed by atoms with van der Waals surface area (Å²) in [6.45, 7) is 2.49. The number of hydrogen-bond donors (Lipinski definition) is 2. The fourth-order valence-corrected chi connectivity index (χ4v) is 1.82. The minimum absolute atomic E-state index is 0.0872. The molecular formula is C15H17N3O2. The van der Waals surface area contributed by atoms with Crippen LogP contribution in [0.25, 0.3) is 0 Å². The molecule has 5 nitrogen and oxygen atoms in total. The number of nitrogens with zero attached hydrogens (tertiary/aromatic N) is 2. The van der Waals surface area contributed by atoms with Crippen LogP contribution in [0, 0.1) is 6.92 Å². The molecule has 0 bridgehead atoms. The summed E-state index contributed by atoms with van der Waals surface area (Å²) in [5.74, 6) is 0.00974. The van der Waals surface area contributed by atoms with Crippen LogP contribution in [0.1, 0.15) is 17.1 Å². The first-order chi connectivity index (χ1) is 9.63. The summed E-state index contributed by atoms with van der Waals surface area (Å²) in [6, 6.07) is 9.00. The molecule has 0 aliphatic carbocycles. The average molecular weight is 271 g/mol. The molecule has 0 unspecified atom stereocenters. The van der Waals surface area contributed by atoms with Crippen molar-refractivity contribution < 1.29 is 9.90 Å². The Morgan fingerprint density at radius 3 is 2.80 bits per heavy atom. The van der Waals surface area contributed by atoms with Crippen LogP contribution in [0.5, 0.6) is 5.75 Å². The van der Waals surface area contributed by atoms with E-state index in [0.717, 1.165) is 11.4 Å². The first kappa shape index (κ1) is 14.0. The van der Waals surface area contributed by atoms with Crippen LogP contribution < -0.4 is 5.32 Å². The molecule has 0 radical (unpaired) electrons. The molecule has 0 atom stereocenters. The van der Waals surface area contributed by atoms with Crippen molar-refractivity contribution in [3.05, 3.63) is 53.6 Å². The quantitative estimate of drug-likeness (QED) is 0.861. The maximum absolute atomic E-state index is 11.7. The topological polar surface area (TPSA) is 75.1 Å². The molecule has 0 aliphatic rings. The van der Waals surface area contributed by atoms with E-state index < -0.39 is 0 Å². The van der Waals surface area contributed by atoms with Crippen molar-refractivity contribution in [3.8, 4) is 5.75 Å². The minimum Gasteiger partial charge on any atom is -0.506 e. The van der Waals surface area contributed by atoms with Crippen LogP contribution in [0.4, 0.5) is 0 Å². The molecular weight excluding hydrogens is 254 g/mol. The largest absolute Gasteiger partial charge is 0.506 e. The van der Waals surface area contributed by atoms with Gasteiger partial charge in [-0.3, -0.25) is 14.8 Å². The van der Waals surface area contributed by atoms with Gasteiger partial charge in [-0.05, 0) is 31.2 Å². The fourth-order valence-electron chi connectivity index (χ4n) is 1.82. The number of nitrogens with one attached hydrogen (secondary N) is 1. The predicted molar refractivity (Wildman–Crippen MR) is 75.3 cm³/mol. The second kappa shape index (κ2) is 6.65. The van der Waals surface area contributed by atoms with E-state index in [1.807, 2.05) is 25.1 Å². The van der Waals surface area contributed by atoms with Crippen LogP contribution in [-0.2, 0) is 17.6 Å². The molecule has 20 heavy (non-hydrogen) atoms. The number of hydrogen-bond acceptors (Lipinski definition) is 4. The van der Waals surface area contributed by atoms with Gasteiger partial charge in [-0.15, -0.1) is 0 Å². The van der Waals surface area contributed by atoms with E-state index in [-0.39, 0.29) is 18.1 Å². The average Bonchev–Trinajstić information content (AvgIpc) is 2.41. The van der Waals surface area contributed by atoms with Crippen molar-refractivity contribution >= 4 is 5.91 Å². The van der Waals surface area contributed by atoms with Gasteiger partial charge in [0.2, 0.25) is 5.91 Å². The standard InChI is InChI=1S/C15H17N3O2/c1-11-3-2-4-12(18-11)7-8-16-15(20)9-13-5-6-14(19)10-17-13/h2-6,10,19H,7-9H2,1H3,(H,16,20). The molecule has 104 valence electrons. The van der Waals surface area contributed by atoms with E-state index in [4.69, 9.17) is 5.11 Å². The van der Waals surface area contributed by atoms with E-state index in [1.165, 1.54) is 12.3 Å². The third kappa shape index (κ3) is 4.35. The summed E-state index contributed by atoms with van der Waals surface area (Å²) in [6.07, 6.45) is 2.25. The maximum Gasteiger partial charge on any atom is 0.226 e. The summed E-state index contributed by atoms with van der Waals surface area (Å²) >= 11 is 0. The zero-order valence-corrected chi connectivity index (χ0v) is 11.3. The molecule has 1 amide bonds. The number of aromatic nitrogens is 2. The SMILES string of the molecule is Cc1cccc(CCNC(=O)Cc2ccc(O)cn2)n1. The lowest BCUT2D eigenvalue weighted by Crippen LogP contribution is -2.27. The number of carbonyl (C=O) groups excluding carboxylic acids is 1. The number of pyridine rings is 2. The third-order valence-corrected chi connectivity index (χ3v) is 2.80. The summed E-state index contributed by atoms with van der Waals surface area (Å²) in [7, 11) is 0. The minimum atomic E-state index is -0.0872. The van der Waals surface area contributed by atoms with Crippen LogP contribution in [0.2, 0.25) is 0 Å². The monoisotopic (exact) mass is 271 g/mol. The lowest BCUT2D eigenvalue weighted by atomic mass is 10.2. The fraction of sp³-hybridized carbons (Fsp3) is 0.267. The molecule has 2 aromatic rings. The number of aryl methyl sites for hydroxylation is 1. The molecule has 0 aromatic carbocycles. The van der Waals surface area contributed by atoms with Crippen LogP contribution >= 0.6 is 0 Å². The zero-order valence-electron chi connectivity index (χ0n) is 11.3. The molecule has 2 N–H and O–H groups in total. The summed E-state index contributed by atoms with van der Waals surface area (Å²) in [5, 5.41) is 11.9. The van der Waals surface area contributed by atoms with Gasteiger partial charge in [0.1, 0.15) is 5.75 Å². The Kier molecular flexibility index (Phi) is 4.65. The van der Waals surface area contributed by atoms with E-state index >= 15 is 0 Å². The van der Waals surface area contributed by atoms with Crippen molar-refractivity contribution in [2.75, 3.05) is 6.54 Å². The highest BCUT2D eigenvalue weighted by molar-refractivity contribution is 5.78. The van der Waals surface area contributed by atoms with Gasteiger partial charge in [-0.1, -0.05) is 6.07 Å². The zero-order chi connectivity index (χ0) is 14.4. The number of aromatic hydroxyl groups is 1. The van der Waals surface area contributed by atoms with Crippen LogP contribution in [0.15, 0.2) is 36.5 Å². The highest BCUT2D eigenvalue weighted by Crippen LogP contribution is 2.06. The van der Waals surface area contributed by atoms with Crippen molar-refractivity contribution in [1.82, 2.24) is 15.3 Å². The summed E-state index contributed by atoms with van der Waals surface area (Å²) < 4.78 is 0. The Bertz CT molecular complexity index is 582.